The first-order chi connectivity index (χ1) is 12.6. The van der Waals surface area contributed by atoms with E-state index in [-0.39, 0.29) is 0 Å². The van der Waals surface area contributed by atoms with Crippen LogP contribution in [0.3, 0.4) is 0 Å². The Morgan fingerprint density at radius 2 is 1.12 bits per heavy atom. The summed E-state index contributed by atoms with van der Waals surface area (Å²) < 4.78 is 0.441. The fourth-order valence-corrected chi connectivity index (χ4v) is 5.45. The summed E-state index contributed by atoms with van der Waals surface area (Å²) in [7, 11) is 0. The molecule has 0 nitrogen and oxygen atoms in total. The second-order valence-electron chi connectivity index (χ2n) is 6.84. The molecule has 2 heteroatoms. The van der Waals surface area contributed by atoms with Gasteiger partial charge in [0.2, 0.25) is 0 Å². The number of hydrogen-bond acceptors (Lipinski definition) is 2. The summed E-state index contributed by atoms with van der Waals surface area (Å²) in [5.74, 6) is 2.09. The lowest BCUT2D eigenvalue weighted by Crippen LogP contribution is -1.93. The maximum atomic E-state index is 2.30. The fraction of sp³-hybridized carbons (Fsp3) is 0.250. The summed E-state index contributed by atoms with van der Waals surface area (Å²) in [5, 5.41) is 0. The van der Waals surface area contributed by atoms with Crippen molar-refractivity contribution >= 4 is 23.5 Å². The van der Waals surface area contributed by atoms with Gasteiger partial charge in [0.1, 0.15) is 0 Å². The Bertz CT molecular complexity index is 787. The minimum atomic E-state index is 0.441. The molecule has 0 heterocycles. The van der Waals surface area contributed by atoms with Gasteiger partial charge in [-0.1, -0.05) is 89.5 Å². The van der Waals surface area contributed by atoms with Crippen molar-refractivity contribution in [1.29, 1.82) is 0 Å². The summed E-state index contributed by atoms with van der Waals surface area (Å²) in [6.07, 6.45) is 0. The Labute approximate surface area is 166 Å². The molecule has 0 unspecified atom stereocenters. The zero-order valence-electron chi connectivity index (χ0n) is 15.7. The second-order valence-corrected chi connectivity index (χ2v) is 9.33. The van der Waals surface area contributed by atoms with E-state index in [0.29, 0.717) is 4.58 Å². The molecule has 0 aliphatic heterocycles. The van der Waals surface area contributed by atoms with Crippen LogP contribution in [-0.2, 0) is 11.5 Å². The van der Waals surface area contributed by atoms with Gasteiger partial charge in [0.15, 0.2) is 0 Å². The highest BCUT2D eigenvalue weighted by Crippen LogP contribution is 2.42. The summed E-state index contributed by atoms with van der Waals surface area (Å²) in [5.41, 5.74) is 8.21. The SMILES string of the molecule is Cc1ccc(C(SCc2cccc(C)c2)SCc2cccc(C)c2)cc1. The van der Waals surface area contributed by atoms with E-state index in [1.807, 2.05) is 23.5 Å². The average molecular weight is 379 g/mol. The van der Waals surface area contributed by atoms with Crippen molar-refractivity contribution < 1.29 is 0 Å². The molecule has 0 bridgehead atoms. The van der Waals surface area contributed by atoms with E-state index in [2.05, 4.69) is 93.6 Å². The Hall–Kier alpha value is -1.64. The second kappa shape index (κ2) is 9.34. The lowest BCUT2D eigenvalue weighted by atomic mass is 10.2. The third-order valence-electron chi connectivity index (χ3n) is 4.32. The molecule has 0 radical (unpaired) electrons. The van der Waals surface area contributed by atoms with E-state index in [0.717, 1.165) is 11.5 Å². The van der Waals surface area contributed by atoms with E-state index >= 15 is 0 Å². The predicted octanol–water partition coefficient (Wildman–Crippen LogP) is 7.48. The van der Waals surface area contributed by atoms with Gasteiger partial charge in [0.25, 0.3) is 0 Å². The molecule has 0 atom stereocenters. The lowest BCUT2D eigenvalue weighted by Gasteiger charge is -2.18. The quantitative estimate of drug-likeness (QED) is 0.391. The Morgan fingerprint density at radius 3 is 1.58 bits per heavy atom. The highest BCUT2D eigenvalue weighted by molar-refractivity contribution is 8.15. The van der Waals surface area contributed by atoms with Crippen molar-refractivity contribution in [3.8, 4) is 0 Å². The zero-order valence-corrected chi connectivity index (χ0v) is 17.4. The summed E-state index contributed by atoms with van der Waals surface area (Å²) in [4.78, 5) is 0. The minimum Gasteiger partial charge on any atom is -0.138 e. The number of hydrogen-bond donors (Lipinski definition) is 0. The van der Waals surface area contributed by atoms with E-state index in [1.54, 1.807) is 0 Å². The summed E-state index contributed by atoms with van der Waals surface area (Å²) in [6.45, 7) is 6.48. The predicted molar refractivity (Wildman–Crippen MR) is 119 cm³/mol. The molecule has 0 spiro atoms. The van der Waals surface area contributed by atoms with E-state index in [4.69, 9.17) is 0 Å². The molecule has 0 saturated carbocycles. The molecule has 0 aromatic heterocycles. The van der Waals surface area contributed by atoms with Crippen molar-refractivity contribution in [3.63, 3.8) is 0 Å². The maximum absolute atomic E-state index is 2.30. The third kappa shape index (κ3) is 5.69. The van der Waals surface area contributed by atoms with Crippen molar-refractivity contribution in [3.05, 3.63) is 106 Å². The standard InChI is InChI=1S/C24H26S2/c1-18-10-12-23(13-11-18)24(25-16-21-8-4-6-19(2)14-21)26-17-22-9-5-7-20(3)15-22/h4-15,24H,16-17H2,1-3H3. The molecule has 0 aliphatic rings. The van der Waals surface area contributed by atoms with Crippen LogP contribution in [0.2, 0.25) is 0 Å². The molecule has 0 saturated heterocycles. The highest BCUT2D eigenvalue weighted by Gasteiger charge is 2.13. The molecule has 0 aliphatic carbocycles. The number of benzene rings is 3. The Balaban J connectivity index is 1.71. The smallest absolute Gasteiger partial charge is 0.0757 e. The van der Waals surface area contributed by atoms with Gasteiger partial charge >= 0.3 is 0 Å². The topological polar surface area (TPSA) is 0 Å². The van der Waals surface area contributed by atoms with E-state index in [1.165, 1.54) is 33.4 Å². The van der Waals surface area contributed by atoms with Gasteiger partial charge in [-0.25, -0.2) is 0 Å². The van der Waals surface area contributed by atoms with Crippen molar-refractivity contribution in [1.82, 2.24) is 0 Å². The summed E-state index contributed by atoms with van der Waals surface area (Å²) in [6, 6.07) is 26.7. The lowest BCUT2D eigenvalue weighted by molar-refractivity contribution is 1.29. The molecular formula is C24H26S2. The van der Waals surface area contributed by atoms with Crippen LogP contribution in [0.15, 0.2) is 72.8 Å². The van der Waals surface area contributed by atoms with Crippen molar-refractivity contribution in [2.75, 3.05) is 0 Å². The summed E-state index contributed by atoms with van der Waals surface area (Å²) >= 11 is 4.06. The third-order valence-corrected chi connectivity index (χ3v) is 7.28. The van der Waals surface area contributed by atoms with Crippen LogP contribution in [-0.4, -0.2) is 0 Å². The van der Waals surface area contributed by atoms with Crippen LogP contribution in [0.25, 0.3) is 0 Å². The van der Waals surface area contributed by atoms with Gasteiger partial charge in [0.05, 0.1) is 4.58 Å². The number of rotatable bonds is 7. The van der Waals surface area contributed by atoms with Crippen LogP contribution in [0.1, 0.15) is 38.0 Å². The molecule has 134 valence electrons. The van der Waals surface area contributed by atoms with Gasteiger partial charge in [-0.15, -0.1) is 23.5 Å². The van der Waals surface area contributed by atoms with E-state index < -0.39 is 0 Å². The normalized spacial score (nSPS) is 11.1. The van der Waals surface area contributed by atoms with Crippen LogP contribution >= 0.6 is 23.5 Å². The molecule has 0 amide bonds. The largest absolute Gasteiger partial charge is 0.138 e. The first-order valence-corrected chi connectivity index (χ1v) is 11.1. The van der Waals surface area contributed by atoms with E-state index in [9.17, 15) is 0 Å². The molecule has 0 N–H and O–H groups in total. The van der Waals surface area contributed by atoms with Crippen molar-refractivity contribution in [2.45, 2.75) is 36.9 Å². The van der Waals surface area contributed by atoms with Crippen LogP contribution < -0.4 is 0 Å². The number of thioether (sulfide) groups is 2. The Kier molecular flexibility index (Phi) is 6.87. The average Bonchev–Trinajstić information content (AvgIpc) is 2.63. The molecule has 3 aromatic rings. The van der Waals surface area contributed by atoms with Gasteiger partial charge in [-0.05, 0) is 37.5 Å². The van der Waals surface area contributed by atoms with Gasteiger partial charge in [-0.2, -0.15) is 0 Å². The first-order valence-electron chi connectivity index (χ1n) is 9.01. The first kappa shape index (κ1) is 19.1. The highest BCUT2D eigenvalue weighted by atomic mass is 32.2. The number of aryl methyl sites for hydroxylation is 3. The molecule has 26 heavy (non-hydrogen) atoms. The molecule has 3 rings (SSSR count). The monoisotopic (exact) mass is 378 g/mol. The molecule has 3 aromatic carbocycles. The minimum absolute atomic E-state index is 0.441. The molecule has 0 fully saturated rings. The van der Waals surface area contributed by atoms with Crippen LogP contribution in [0.5, 0.6) is 0 Å². The van der Waals surface area contributed by atoms with Gasteiger partial charge in [0, 0.05) is 11.5 Å². The van der Waals surface area contributed by atoms with Crippen LogP contribution in [0.4, 0.5) is 0 Å². The fourth-order valence-electron chi connectivity index (χ4n) is 2.91. The molecular weight excluding hydrogens is 352 g/mol. The van der Waals surface area contributed by atoms with Crippen LogP contribution in [0, 0.1) is 20.8 Å². The zero-order chi connectivity index (χ0) is 18.4. The maximum Gasteiger partial charge on any atom is 0.0757 e. The van der Waals surface area contributed by atoms with Gasteiger partial charge < -0.3 is 0 Å². The van der Waals surface area contributed by atoms with Gasteiger partial charge in [-0.3, -0.25) is 0 Å². The van der Waals surface area contributed by atoms with Crippen molar-refractivity contribution in [2.24, 2.45) is 0 Å². The Morgan fingerprint density at radius 1 is 0.615 bits per heavy atom.